The Morgan fingerprint density at radius 1 is 1.27 bits per heavy atom. The number of aromatic nitrogens is 6. The van der Waals surface area contributed by atoms with Crippen LogP contribution in [0.2, 0.25) is 0 Å². The molecule has 0 spiro atoms. The van der Waals surface area contributed by atoms with Crippen molar-refractivity contribution in [2.24, 2.45) is 0 Å². The minimum absolute atomic E-state index is 0.0143. The lowest BCUT2D eigenvalue weighted by molar-refractivity contribution is 0.0946. The van der Waals surface area contributed by atoms with E-state index in [1.54, 1.807) is 4.52 Å². The van der Waals surface area contributed by atoms with Crippen molar-refractivity contribution in [1.29, 1.82) is 0 Å². The van der Waals surface area contributed by atoms with Crippen molar-refractivity contribution in [2.75, 3.05) is 11.4 Å². The average molecular weight is 352 g/mol. The van der Waals surface area contributed by atoms with E-state index in [4.69, 9.17) is 0 Å². The lowest BCUT2D eigenvalue weighted by atomic mass is 10.2. The minimum Gasteiger partial charge on any atom is -0.348 e. The predicted octanol–water partition coefficient (Wildman–Crippen LogP) is 1.10. The van der Waals surface area contributed by atoms with E-state index in [1.807, 2.05) is 19.2 Å². The quantitative estimate of drug-likeness (QED) is 0.759. The van der Waals surface area contributed by atoms with E-state index in [1.165, 1.54) is 6.33 Å². The van der Waals surface area contributed by atoms with E-state index in [-0.39, 0.29) is 11.9 Å². The van der Waals surface area contributed by atoms with E-state index < -0.39 is 0 Å². The number of nitrogens with one attached hydrogen (secondary N) is 1. The van der Waals surface area contributed by atoms with Crippen LogP contribution < -0.4 is 10.2 Å². The molecular formula is C17H20N8O. The lowest BCUT2D eigenvalue weighted by Gasteiger charge is -2.35. The molecular weight excluding hydrogens is 332 g/mol. The summed E-state index contributed by atoms with van der Waals surface area (Å²) >= 11 is 0. The Bertz CT molecular complexity index is 1000. The second-order valence-electron chi connectivity index (χ2n) is 7.02. The third-order valence-corrected chi connectivity index (χ3v) is 5.03. The second-order valence-corrected chi connectivity index (χ2v) is 7.02. The Labute approximate surface area is 150 Å². The molecule has 3 aromatic heterocycles. The molecule has 9 nitrogen and oxygen atoms in total. The molecule has 0 bridgehead atoms. The SMILES string of the molecule is Cc1cc(N2CCn3cc(C(=O)NC4CC4)nc3[C@H]2C)n2ncnc2n1. The fraction of sp³-hybridized carbons (Fsp3) is 0.471. The summed E-state index contributed by atoms with van der Waals surface area (Å²) in [5.41, 5.74) is 1.39. The Hall–Kier alpha value is -2.97. The van der Waals surface area contributed by atoms with E-state index in [0.29, 0.717) is 17.5 Å². The summed E-state index contributed by atoms with van der Waals surface area (Å²) in [7, 11) is 0. The number of carbonyl (C=O) groups excluding carboxylic acids is 1. The van der Waals surface area contributed by atoms with Crippen LogP contribution in [-0.4, -0.2) is 47.6 Å². The number of imidazole rings is 1. The smallest absolute Gasteiger partial charge is 0.271 e. The summed E-state index contributed by atoms with van der Waals surface area (Å²) in [6.45, 7) is 5.61. The fourth-order valence-corrected chi connectivity index (χ4v) is 3.52. The zero-order valence-electron chi connectivity index (χ0n) is 14.8. The fourth-order valence-electron chi connectivity index (χ4n) is 3.52. The highest BCUT2D eigenvalue weighted by molar-refractivity contribution is 5.92. The maximum absolute atomic E-state index is 12.3. The van der Waals surface area contributed by atoms with E-state index >= 15 is 0 Å². The highest BCUT2D eigenvalue weighted by atomic mass is 16.2. The summed E-state index contributed by atoms with van der Waals surface area (Å²) < 4.78 is 3.83. The molecule has 1 aliphatic heterocycles. The largest absolute Gasteiger partial charge is 0.348 e. The van der Waals surface area contributed by atoms with E-state index in [2.05, 4.69) is 41.8 Å². The molecule has 9 heteroatoms. The summed E-state index contributed by atoms with van der Waals surface area (Å²) in [6, 6.07) is 2.35. The van der Waals surface area contributed by atoms with E-state index in [9.17, 15) is 4.79 Å². The van der Waals surface area contributed by atoms with Crippen molar-refractivity contribution >= 4 is 17.5 Å². The number of hydrogen-bond acceptors (Lipinski definition) is 6. The molecule has 0 radical (unpaired) electrons. The van der Waals surface area contributed by atoms with Gasteiger partial charge in [-0.3, -0.25) is 4.79 Å². The van der Waals surface area contributed by atoms with E-state index in [0.717, 1.165) is 43.3 Å². The molecule has 1 atom stereocenters. The van der Waals surface area contributed by atoms with Crippen LogP contribution in [-0.2, 0) is 6.54 Å². The maximum Gasteiger partial charge on any atom is 0.271 e. The highest BCUT2D eigenvalue weighted by Crippen LogP contribution is 2.30. The van der Waals surface area contributed by atoms with Crippen molar-refractivity contribution in [3.8, 4) is 0 Å². The monoisotopic (exact) mass is 352 g/mol. The summed E-state index contributed by atoms with van der Waals surface area (Å²) in [5.74, 6) is 2.34. The normalized spacial score (nSPS) is 19.6. The summed E-state index contributed by atoms with van der Waals surface area (Å²) in [5, 5.41) is 7.31. The van der Waals surface area contributed by atoms with Gasteiger partial charge in [0, 0.05) is 37.1 Å². The number of rotatable bonds is 3. The molecule has 3 aromatic rings. The molecule has 4 heterocycles. The molecule has 0 aromatic carbocycles. The molecule has 1 aliphatic carbocycles. The van der Waals surface area contributed by atoms with Crippen molar-refractivity contribution in [3.63, 3.8) is 0 Å². The summed E-state index contributed by atoms with van der Waals surface area (Å²) in [6.07, 6.45) is 5.52. The third-order valence-electron chi connectivity index (χ3n) is 5.03. The van der Waals surface area contributed by atoms with Crippen LogP contribution in [0.15, 0.2) is 18.6 Å². The molecule has 1 N–H and O–H groups in total. The molecule has 134 valence electrons. The first kappa shape index (κ1) is 15.3. The van der Waals surface area contributed by atoms with Gasteiger partial charge in [-0.1, -0.05) is 0 Å². The number of hydrogen-bond donors (Lipinski definition) is 1. The van der Waals surface area contributed by atoms with Gasteiger partial charge in [0.15, 0.2) is 0 Å². The summed E-state index contributed by atoms with van der Waals surface area (Å²) in [4.78, 5) is 27.8. The van der Waals surface area contributed by atoms with Gasteiger partial charge in [-0.25, -0.2) is 9.97 Å². The number of fused-ring (bicyclic) bond motifs is 2. The number of anilines is 1. The Kier molecular flexibility index (Phi) is 3.25. The number of carbonyl (C=O) groups is 1. The molecule has 26 heavy (non-hydrogen) atoms. The Morgan fingerprint density at radius 2 is 2.12 bits per heavy atom. The maximum atomic E-state index is 12.3. The van der Waals surface area contributed by atoms with Gasteiger partial charge < -0.3 is 14.8 Å². The third kappa shape index (κ3) is 2.42. The van der Waals surface area contributed by atoms with Gasteiger partial charge in [-0.05, 0) is 26.7 Å². The van der Waals surface area contributed by atoms with Crippen LogP contribution >= 0.6 is 0 Å². The second kappa shape index (κ2) is 5.52. The molecule has 0 saturated heterocycles. The Morgan fingerprint density at radius 3 is 2.92 bits per heavy atom. The zero-order valence-corrected chi connectivity index (χ0v) is 14.8. The number of nitrogens with zero attached hydrogens (tertiary/aromatic N) is 7. The van der Waals surface area contributed by atoms with Gasteiger partial charge in [-0.15, -0.1) is 0 Å². The van der Waals surface area contributed by atoms with Crippen LogP contribution in [0.1, 0.15) is 47.8 Å². The zero-order chi connectivity index (χ0) is 17.8. The highest BCUT2D eigenvalue weighted by Gasteiger charge is 2.31. The van der Waals surface area contributed by atoms with Crippen LogP contribution in [0, 0.1) is 6.92 Å². The number of aryl methyl sites for hydroxylation is 1. The van der Waals surface area contributed by atoms with Crippen molar-refractivity contribution in [2.45, 2.75) is 45.3 Å². The standard InChI is InChI=1S/C17H20N8O/c1-10-7-14(25-17(20-10)18-9-19-25)24-6-5-23-8-13(22-15(23)11(24)2)16(26)21-12-3-4-12/h7-9,11-12H,3-6H2,1-2H3,(H,21,26)/t11-/m1/s1. The van der Waals surface area contributed by atoms with Gasteiger partial charge in [0.05, 0.1) is 6.04 Å². The lowest BCUT2D eigenvalue weighted by Crippen LogP contribution is -2.38. The van der Waals surface area contributed by atoms with Gasteiger partial charge in [-0.2, -0.15) is 14.6 Å². The van der Waals surface area contributed by atoms with Gasteiger partial charge in [0.25, 0.3) is 11.7 Å². The first-order valence-electron chi connectivity index (χ1n) is 8.92. The Balaban J connectivity index is 1.49. The van der Waals surface area contributed by atoms with Crippen LogP contribution in [0.4, 0.5) is 5.82 Å². The first-order valence-corrected chi connectivity index (χ1v) is 8.92. The van der Waals surface area contributed by atoms with Crippen molar-refractivity contribution in [3.05, 3.63) is 35.8 Å². The molecule has 1 amide bonds. The first-order chi connectivity index (χ1) is 12.6. The van der Waals surface area contributed by atoms with Gasteiger partial charge >= 0.3 is 0 Å². The number of amides is 1. The molecule has 5 rings (SSSR count). The van der Waals surface area contributed by atoms with Crippen LogP contribution in [0.25, 0.3) is 5.78 Å². The van der Waals surface area contributed by atoms with Gasteiger partial charge in [0.2, 0.25) is 0 Å². The van der Waals surface area contributed by atoms with Crippen LogP contribution in [0.3, 0.4) is 0 Å². The topological polar surface area (TPSA) is 93.2 Å². The van der Waals surface area contributed by atoms with Crippen molar-refractivity contribution < 1.29 is 4.79 Å². The average Bonchev–Trinajstić information content (AvgIpc) is 3.13. The minimum atomic E-state index is -0.0772. The molecule has 1 saturated carbocycles. The molecule has 1 fully saturated rings. The predicted molar refractivity (Wildman–Crippen MR) is 94.0 cm³/mol. The van der Waals surface area contributed by atoms with Crippen molar-refractivity contribution in [1.82, 2.24) is 34.4 Å². The van der Waals surface area contributed by atoms with Gasteiger partial charge in [0.1, 0.15) is 23.7 Å². The van der Waals surface area contributed by atoms with Crippen LogP contribution in [0.5, 0.6) is 0 Å². The molecule has 0 unspecified atom stereocenters. The molecule has 2 aliphatic rings.